The van der Waals surface area contributed by atoms with E-state index in [1.54, 1.807) is 0 Å². The van der Waals surface area contributed by atoms with Crippen molar-refractivity contribution >= 4 is 0 Å². The van der Waals surface area contributed by atoms with E-state index in [0.717, 1.165) is 12.0 Å². The van der Waals surface area contributed by atoms with Crippen LogP contribution in [0, 0.1) is 5.92 Å². The zero-order valence-electron chi connectivity index (χ0n) is 14.5. The van der Waals surface area contributed by atoms with Crippen LogP contribution in [0.3, 0.4) is 0 Å². The van der Waals surface area contributed by atoms with Gasteiger partial charge in [-0.1, -0.05) is 34.6 Å². The molecule has 1 fully saturated rings. The SMILES string of the molecule is CCN(CC)CCCN(CC)C(CNC1CC1)C(C)C. The highest BCUT2D eigenvalue weighted by atomic mass is 15.2. The number of hydrogen-bond donors (Lipinski definition) is 1. The van der Waals surface area contributed by atoms with Gasteiger partial charge in [0.2, 0.25) is 0 Å². The fourth-order valence-corrected chi connectivity index (χ4v) is 2.96. The third-order valence-electron chi connectivity index (χ3n) is 4.65. The molecular weight excluding hydrogens is 246 g/mol. The maximum atomic E-state index is 3.72. The Morgan fingerprint density at radius 1 is 1.00 bits per heavy atom. The highest BCUT2D eigenvalue weighted by Crippen LogP contribution is 2.20. The van der Waals surface area contributed by atoms with E-state index in [1.165, 1.54) is 58.5 Å². The molecule has 20 heavy (non-hydrogen) atoms. The van der Waals surface area contributed by atoms with Crippen molar-refractivity contribution < 1.29 is 0 Å². The molecule has 1 atom stereocenters. The van der Waals surface area contributed by atoms with Crippen molar-refractivity contribution in [1.82, 2.24) is 15.1 Å². The Morgan fingerprint density at radius 3 is 2.10 bits per heavy atom. The fraction of sp³-hybridized carbons (Fsp3) is 1.00. The molecule has 1 rings (SSSR count). The van der Waals surface area contributed by atoms with Crippen LogP contribution < -0.4 is 5.32 Å². The maximum absolute atomic E-state index is 3.72. The summed E-state index contributed by atoms with van der Waals surface area (Å²) in [5.74, 6) is 0.731. The molecule has 0 heterocycles. The van der Waals surface area contributed by atoms with Gasteiger partial charge in [0.05, 0.1) is 0 Å². The summed E-state index contributed by atoms with van der Waals surface area (Å²) in [6, 6.07) is 1.52. The second-order valence-electron chi connectivity index (χ2n) is 6.50. The molecule has 0 aliphatic heterocycles. The first-order valence-electron chi connectivity index (χ1n) is 8.82. The third kappa shape index (κ3) is 6.55. The fourth-order valence-electron chi connectivity index (χ4n) is 2.96. The Kier molecular flexibility index (Phi) is 8.74. The minimum absolute atomic E-state index is 0.692. The van der Waals surface area contributed by atoms with Crippen molar-refractivity contribution in [2.45, 2.75) is 66.0 Å². The number of likely N-dealkylation sites (N-methyl/N-ethyl adjacent to an activating group) is 1. The number of hydrogen-bond acceptors (Lipinski definition) is 3. The average Bonchev–Trinajstić information content (AvgIpc) is 3.25. The van der Waals surface area contributed by atoms with Gasteiger partial charge in [-0.3, -0.25) is 4.90 Å². The van der Waals surface area contributed by atoms with E-state index in [9.17, 15) is 0 Å². The predicted molar refractivity (Wildman–Crippen MR) is 89.3 cm³/mol. The average molecular weight is 284 g/mol. The van der Waals surface area contributed by atoms with Gasteiger partial charge >= 0.3 is 0 Å². The predicted octanol–water partition coefficient (Wildman–Crippen LogP) is 2.82. The minimum Gasteiger partial charge on any atom is -0.312 e. The summed E-state index contributed by atoms with van der Waals surface area (Å²) in [5.41, 5.74) is 0. The molecule has 1 unspecified atom stereocenters. The van der Waals surface area contributed by atoms with Crippen LogP contribution in [0.1, 0.15) is 53.9 Å². The van der Waals surface area contributed by atoms with Crippen LogP contribution in [-0.2, 0) is 0 Å². The molecule has 0 spiro atoms. The lowest BCUT2D eigenvalue weighted by Gasteiger charge is -2.34. The molecule has 0 bridgehead atoms. The van der Waals surface area contributed by atoms with Crippen molar-refractivity contribution in [3.8, 4) is 0 Å². The Bertz CT molecular complexity index is 234. The number of nitrogens with one attached hydrogen (secondary N) is 1. The van der Waals surface area contributed by atoms with Crippen molar-refractivity contribution in [2.75, 3.05) is 39.3 Å². The van der Waals surface area contributed by atoms with Crippen LogP contribution in [0.5, 0.6) is 0 Å². The summed E-state index contributed by atoms with van der Waals surface area (Å²) < 4.78 is 0. The molecule has 1 aliphatic rings. The smallest absolute Gasteiger partial charge is 0.0243 e. The molecule has 1 aliphatic carbocycles. The highest BCUT2D eigenvalue weighted by Gasteiger charge is 2.25. The van der Waals surface area contributed by atoms with Crippen molar-refractivity contribution in [1.29, 1.82) is 0 Å². The van der Waals surface area contributed by atoms with Crippen LogP contribution in [-0.4, -0.2) is 61.2 Å². The summed E-state index contributed by atoms with van der Waals surface area (Å²) in [6.07, 6.45) is 4.07. The second-order valence-corrected chi connectivity index (χ2v) is 6.50. The van der Waals surface area contributed by atoms with Gasteiger partial charge in [0.25, 0.3) is 0 Å². The van der Waals surface area contributed by atoms with E-state index in [4.69, 9.17) is 0 Å². The van der Waals surface area contributed by atoms with Crippen LogP contribution in [0.15, 0.2) is 0 Å². The Morgan fingerprint density at radius 2 is 1.65 bits per heavy atom. The Labute approximate surface area is 127 Å². The van der Waals surface area contributed by atoms with E-state index in [0.29, 0.717) is 6.04 Å². The van der Waals surface area contributed by atoms with E-state index in [1.807, 2.05) is 0 Å². The molecule has 3 heteroatoms. The number of nitrogens with zero attached hydrogens (tertiary/aromatic N) is 2. The monoisotopic (exact) mass is 283 g/mol. The van der Waals surface area contributed by atoms with Gasteiger partial charge in [0, 0.05) is 18.6 Å². The molecule has 0 aromatic carbocycles. The van der Waals surface area contributed by atoms with E-state index < -0.39 is 0 Å². The topological polar surface area (TPSA) is 18.5 Å². The van der Waals surface area contributed by atoms with Crippen LogP contribution in [0.25, 0.3) is 0 Å². The first kappa shape index (κ1) is 17.9. The lowest BCUT2D eigenvalue weighted by Crippen LogP contribution is -2.47. The van der Waals surface area contributed by atoms with Crippen molar-refractivity contribution in [3.63, 3.8) is 0 Å². The Hall–Kier alpha value is -0.120. The van der Waals surface area contributed by atoms with Gasteiger partial charge in [-0.2, -0.15) is 0 Å². The molecule has 1 saturated carbocycles. The van der Waals surface area contributed by atoms with Gasteiger partial charge < -0.3 is 10.2 Å². The van der Waals surface area contributed by atoms with E-state index in [-0.39, 0.29) is 0 Å². The maximum Gasteiger partial charge on any atom is 0.0243 e. The number of rotatable bonds is 12. The molecule has 0 radical (unpaired) electrons. The Balaban J connectivity index is 2.34. The quantitative estimate of drug-likeness (QED) is 0.594. The van der Waals surface area contributed by atoms with Gasteiger partial charge in [-0.25, -0.2) is 0 Å². The summed E-state index contributed by atoms with van der Waals surface area (Å²) >= 11 is 0. The largest absolute Gasteiger partial charge is 0.312 e. The molecule has 0 aromatic heterocycles. The molecule has 1 N–H and O–H groups in total. The van der Waals surface area contributed by atoms with Crippen molar-refractivity contribution in [2.24, 2.45) is 5.92 Å². The van der Waals surface area contributed by atoms with Gasteiger partial charge in [0.1, 0.15) is 0 Å². The van der Waals surface area contributed by atoms with Crippen LogP contribution >= 0.6 is 0 Å². The zero-order valence-corrected chi connectivity index (χ0v) is 14.5. The molecule has 0 amide bonds. The summed E-state index contributed by atoms with van der Waals surface area (Å²) in [7, 11) is 0. The molecule has 0 aromatic rings. The van der Waals surface area contributed by atoms with E-state index in [2.05, 4.69) is 49.7 Å². The zero-order chi connectivity index (χ0) is 15.0. The third-order valence-corrected chi connectivity index (χ3v) is 4.65. The highest BCUT2D eigenvalue weighted by molar-refractivity contribution is 4.85. The van der Waals surface area contributed by atoms with Gasteiger partial charge in [0.15, 0.2) is 0 Å². The van der Waals surface area contributed by atoms with Gasteiger partial charge in [-0.05, 0) is 57.9 Å². The molecular formula is C17H37N3. The normalized spacial score (nSPS) is 17.4. The first-order chi connectivity index (χ1) is 9.62. The van der Waals surface area contributed by atoms with Crippen LogP contribution in [0.2, 0.25) is 0 Å². The minimum atomic E-state index is 0.692. The van der Waals surface area contributed by atoms with Crippen LogP contribution in [0.4, 0.5) is 0 Å². The first-order valence-corrected chi connectivity index (χ1v) is 8.82. The molecule has 0 saturated heterocycles. The second kappa shape index (κ2) is 9.75. The standard InChI is InChI=1S/C17H37N3/c1-6-19(7-2)12-9-13-20(8-3)17(15(4)5)14-18-16-10-11-16/h15-18H,6-14H2,1-5H3. The lowest BCUT2D eigenvalue weighted by atomic mass is 10.0. The lowest BCUT2D eigenvalue weighted by molar-refractivity contribution is 0.149. The molecule has 3 nitrogen and oxygen atoms in total. The molecule has 120 valence electrons. The summed E-state index contributed by atoms with van der Waals surface area (Å²) in [6.45, 7) is 18.7. The summed E-state index contributed by atoms with van der Waals surface area (Å²) in [4.78, 5) is 5.21. The van der Waals surface area contributed by atoms with Gasteiger partial charge in [-0.15, -0.1) is 0 Å². The summed E-state index contributed by atoms with van der Waals surface area (Å²) in [5, 5.41) is 3.72. The van der Waals surface area contributed by atoms with E-state index >= 15 is 0 Å². The van der Waals surface area contributed by atoms with Crippen molar-refractivity contribution in [3.05, 3.63) is 0 Å².